The molecular weight excluding hydrogens is 221 g/mol. The summed E-state index contributed by atoms with van der Waals surface area (Å²) in [5.41, 5.74) is 0. The monoisotopic (exact) mass is 242 g/mol. The normalized spacial score (nSPS) is 14.1. The van der Waals surface area contributed by atoms with Crippen molar-refractivity contribution in [1.82, 2.24) is 0 Å². The van der Waals surface area contributed by atoms with Crippen molar-refractivity contribution in [2.75, 3.05) is 13.2 Å². The third-order valence-electron chi connectivity index (χ3n) is 2.31. The van der Waals surface area contributed by atoms with Gasteiger partial charge in [0.1, 0.15) is 0 Å². The molecule has 0 fully saturated rings. The summed E-state index contributed by atoms with van der Waals surface area (Å²) in [6.45, 7) is 2.57. The average molecular weight is 242 g/mol. The Kier molecular flexibility index (Phi) is 8.66. The standard InChI is InChI=1S/C11H21F3O2/c1-2-3-4-5-6-8-16-9-7-10(15)11(12,13)14/h10,15H,2-9H2,1H3. The minimum absolute atomic E-state index is 0.0333. The fourth-order valence-corrected chi connectivity index (χ4v) is 1.27. The zero-order valence-electron chi connectivity index (χ0n) is 9.72. The van der Waals surface area contributed by atoms with Crippen molar-refractivity contribution in [1.29, 1.82) is 0 Å². The van der Waals surface area contributed by atoms with Gasteiger partial charge in [0, 0.05) is 19.6 Å². The van der Waals surface area contributed by atoms with Crippen LogP contribution in [-0.4, -0.2) is 30.6 Å². The fraction of sp³-hybridized carbons (Fsp3) is 1.00. The molecule has 0 saturated carbocycles. The lowest BCUT2D eigenvalue weighted by Gasteiger charge is -2.14. The first-order valence-corrected chi connectivity index (χ1v) is 5.81. The molecule has 5 heteroatoms. The van der Waals surface area contributed by atoms with Crippen LogP contribution in [0.3, 0.4) is 0 Å². The lowest BCUT2D eigenvalue weighted by molar-refractivity contribution is -0.208. The van der Waals surface area contributed by atoms with E-state index in [0.717, 1.165) is 19.3 Å². The zero-order valence-corrected chi connectivity index (χ0v) is 9.72. The number of alkyl halides is 3. The first kappa shape index (κ1) is 15.7. The maximum atomic E-state index is 11.9. The summed E-state index contributed by atoms with van der Waals surface area (Å²) in [6.07, 6.45) is -1.73. The Morgan fingerprint density at radius 2 is 1.69 bits per heavy atom. The van der Waals surface area contributed by atoms with E-state index in [1.165, 1.54) is 12.8 Å². The van der Waals surface area contributed by atoms with E-state index in [4.69, 9.17) is 9.84 Å². The molecule has 16 heavy (non-hydrogen) atoms. The number of unbranched alkanes of at least 4 members (excludes halogenated alkanes) is 4. The minimum atomic E-state index is -4.52. The lowest BCUT2D eigenvalue weighted by Crippen LogP contribution is -2.29. The molecule has 0 aliphatic rings. The van der Waals surface area contributed by atoms with Crippen molar-refractivity contribution < 1.29 is 23.0 Å². The molecule has 0 aromatic rings. The van der Waals surface area contributed by atoms with Crippen LogP contribution in [0.5, 0.6) is 0 Å². The topological polar surface area (TPSA) is 29.5 Å². The molecule has 1 unspecified atom stereocenters. The van der Waals surface area contributed by atoms with Crippen molar-refractivity contribution >= 4 is 0 Å². The molecule has 0 aliphatic heterocycles. The molecular formula is C11H21F3O2. The SMILES string of the molecule is CCCCCCCOCCC(O)C(F)(F)F. The number of halogens is 3. The van der Waals surface area contributed by atoms with E-state index in [0.29, 0.717) is 6.61 Å². The van der Waals surface area contributed by atoms with E-state index in [2.05, 4.69) is 6.92 Å². The Balaban J connectivity index is 3.21. The van der Waals surface area contributed by atoms with E-state index in [1.807, 2.05) is 0 Å². The average Bonchev–Trinajstić information content (AvgIpc) is 2.20. The third kappa shape index (κ3) is 8.97. The molecule has 0 spiro atoms. The van der Waals surface area contributed by atoms with Crippen LogP contribution in [0.2, 0.25) is 0 Å². The molecule has 0 saturated heterocycles. The van der Waals surface area contributed by atoms with Crippen LogP contribution in [0.1, 0.15) is 45.4 Å². The zero-order chi connectivity index (χ0) is 12.4. The van der Waals surface area contributed by atoms with Gasteiger partial charge in [0.05, 0.1) is 0 Å². The number of hydrogen-bond acceptors (Lipinski definition) is 2. The number of ether oxygens (including phenoxy) is 1. The predicted molar refractivity (Wildman–Crippen MR) is 56.3 cm³/mol. The maximum Gasteiger partial charge on any atom is 0.414 e. The molecule has 0 bridgehead atoms. The number of aliphatic hydroxyl groups excluding tert-OH is 1. The largest absolute Gasteiger partial charge is 0.414 e. The van der Waals surface area contributed by atoms with Gasteiger partial charge in [-0.25, -0.2) is 0 Å². The van der Waals surface area contributed by atoms with Crippen molar-refractivity contribution in [3.05, 3.63) is 0 Å². The molecule has 0 heterocycles. The van der Waals surface area contributed by atoms with Crippen LogP contribution in [0, 0.1) is 0 Å². The predicted octanol–water partition coefficient (Wildman–Crippen LogP) is 3.29. The first-order chi connectivity index (χ1) is 7.48. The van der Waals surface area contributed by atoms with Gasteiger partial charge in [0.2, 0.25) is 0 Å². The van der Waals surface area contributed by atoms with Gasteiger partial charge >= 0.3 is 6.18 Å². The highest BCUT2D eigenvalue weighted by atomic mass is 19.4. The van der Waals surface area contributed by atoms with E-state index in [-0.39, 0.29) is 13.0 Å². The molecule has 0 radical (unpaired) electrons. The van der Waals surface area contributed by atoms with Crippen LogP contribution in [-0.2, 0) is 4.74 Å². The third-order valence-corrected chi connectivity index (χ3v) is 2.31. The van der Waals surface area contributed by atoms with Crippen LogP contribution < -0.4 is 0 Å². The van der Waals surface area contributed by atoms with Crippen molar-refractivity contribution in [3.8, 4) is 0 Å². The number of hydrogen-bond donors (Lipinski definition) is 1. The molecule has 0 amide bonds. The summed E-state index contributed by atoms with van der Waals surface area (Å²) in [4.78, 5) is 0. The van der Waals surface area contributed by atoms with E-state index in [1.54, 1.807) is 0 Å². The van der Waals surface area contributed by atoms with Gasteiger partial charge in [0.25, 0.3) is 0 Å². The molecule has 1 atom stereocenters. The van der Waals surface area contributed by atoms with Gasteiger partial charge in [0.15, 0.2) is 6.10 Å². The highest BCUT2D eigenvalue weighted by Gasteiger charge is 2.37. The van der Waals surface area contributed by atoms with Crippen molar-refractivity contribution in [2.45, 2.75) is 57.7 Å². The van der Waals surface area contributed by atoms with Crippen LogP contribution in [0.25, 0.3) is 0 Å². The Bertz CT molecular complexity index is 160. The van der Waals surface area contributed by atoms with Crippen molar-refractivity contribution in [2.24, 2.45) is 0 Å². The van der Waals surface area contributed by atoms with Gasteiger partial charge in [-0.3, -0.25) is 0 Å². The van der Waals surface area contributed by atoms with Gasteiger partial charge in [-0.2, -0.15) is 13.2 Å². The van der Waals surface area contributed by atoms with Gasteiger partial charge in [-0.15, -0.1) is 0 Å². The molecule has 0 aromatic carbocycles. The second-order valence-corrected chi connectivity index (χ2v) is 3.87. The molecule has 0 rings (SSSR count). The van der Waals surface area contributed by atoms with Crippen LogP contribution >= 0.6 is 0 Å². The van der Waals surface area contributed by atoms with E-state index >= 15 is 0 Å². The molecule has 2 nitrogen and oxygen atoms in total. The molecule has 1 N–H and O–H groups in total. The summed E-state index contributed by atoms with van der Waals surface area (Å²) in [5, 5.41) is 8.65. The summed E-state index contributed by atoms with van der Waals surface area (Å²) in [6, 6.07) is 0. The minimum Gasteiger partial charge on any atom is -0.384 e. The van der Waals surface area contributed by atoms with Crippen molar-refractivity contribution in [3.63, 3.8) is 0 Å². The van der Waals surface area contributed by atoms with Crippen LogP contribution in [0.15, 0.2) is 0 Å². The van der Waals surface area contributed by atoms with E-state index < -0.39 is 12.3 Å². The Morgan fingerprint density at radius 3 is 2.25 bits per heavy atom. The summed E-state index contributed by atoms with van der Waals surface area (Å²) in [7, 11) is 0. The van der Waals surface area contributed by atoms with Gasteiger partial charge in [-0.05, 0) is 6.42 Å². The number of aliphatic hydroxyl groups is 1. The molecule has 0 aromatic heterocycles. The Labute approximate surface area is 94.8 Å². The number of rotatable bonds is 9. The summed E-state index contributed by atoms with van der Waals surface area (Å²) in [5.74, 6) is 0. The molecule has 98 valence electrons. The van der Waals surface area contributed by atoms with Gasteiger partial charge < -0.3 is 9.84 Å². The Morgan fingerprint density at radius 1 is 1.06 bits per heavy atom. The highest BCUT2D eigenvalue weighted by Crippen LogP contribution is 2.22. The van der Waals surface area contributed by atoms with Crippen LogP contribution in [0.4, 0.5) is 13.2 Å². The first-order valence-electron chi connectivity index (χ1n) is 5.81. The quantitative estimate of drug-likeness (QED) is 0.629. The second-order valence-electron chi connectivity index (χ2n) is 3.87. The fourth-order valence-electron chi connectivity index (χ4n) is 1.27. The van der Waals surface area contributed by atoms with E-state index in [9.17, 15) is 13.2 Å². The smallest absolute Gasteiger partial charge is 0.384 e. The maximum absolute atomic E-state index is 11.9. The summed E-state index contributed by atoms with van der Waals surface area (Å²) >= 11 is 0. The second kappa shape index (κ2) is 8.82. The lowest BCUT2D eigenvalue weighted by atomic mass is 10.2. The van der Waals surface area contributed by atoms with Gasteiger partial charge in [-0.1, -0.05) is 32.6 Å². The molecule has 0 aliphatic carbocycles. The highest BCUT2D eigenvalue weighted by molar-refractivity contribution is 4.64. The Hall–Kier alpha value is -0.290. The summed E-state index contributed by atoms with van der Waals surface area (Å²) < 4.78 is 40.6.